The molecule has 1 heterocycles. The number of nitrogens with zero attached hydrogens (tertiary/aromatic N) is 2. The molecule has 1 aliphatic heterocycles. The number of halogens is 3. The van der Waals surface area contributed by atoms with Crippen LogP contribution in [0.4, 0.5) is 13.2 Å². The first-order valence-electron chi connectivity index (χ1n) is 15.1. The van der Waals surface area contributed by atoms with Crippen LogP contribution in [0.25, 0.3) is 0 Å². The summed E-state index contributed by atoms with van der Waals surface area (Å²) >= 11 is 0. The predicted octanol–water partition coefficient (Wildman–Crippen LogP) is 7.26. The normalized spacial score (nSPS) is 14.3. The van der Waals surface area contributed by atoms with E-state index in [1.807, 2.05) is 4.90 Å². The second kappa shape index (κ2) is 18.0. The van der Waals surface area contributed by atoms with Gasteiger partial charge in [0.1, 0.15) is 6.54 Å². The number of rotatable bonds is 17. The molecule has 0 spiro atoms. The van der Waals surface area contributed by atoms with E-state index in [-0.39, 0.29) is 37.1 Å². The number of likely N-dealkylation sites (tertiary alicyclic amines) is 1. The van der Waals surface area contributed by atoms with Crippen molar-refractivity contribution in [3.8, 4) is 0 Å². The molecule has 2 rings (SSSR count). The molecule has 0 radical (unpaired) electrons. The van der Waals surface area contributed by atoms with Gasteiger partial charge < -0.3 is 14.5 Å². The van der Waals surface area contributed by atoms with Gasteiger partial charge in [0, 0.05) is 31.6 Å². The number of piperidine rings is 1. The van der Waals surface area contributed by atoms with Crippen LogP contribution in [-0.2, 0) is 20.5 Å². The van der Waals surface area contributed by atoms with E-state index in [0.717, 1.165) is 37.1 Å². The van der Waals surface area contributed by atoms with Gasteiger partial charge >= 0.3 is 12.1 Å². The van der Waals surface area contributed by atoms with E-state index in [1.165, 1.54) is 56.3 Å². The standard InChI is InChI=1S/C31H47F3N2O4/c1-3-5-6-7-8-9-10-11-12-13-14-28(37)35-21-19-25(20-22-35)23-36(24-29(38)40-4-2)30(39)26-15-17-27(18-16-26)31(32,33)34/h15-18,25H,3-14,19-24H2,1-2H3. The maximum Gasteiger partial charge on any atom is 0.416 e. The summed E-state index contributed by atoms with van der Waals surface area (Å²) in [7, 11) is 0. The lowest BCUT2D eigenvalue weighted by Crippen LogP contribution is -2.44. The van der Waals surface area contributed by atoms with Gasteiger partial charge in [-0.15, -0.1) is 0 Å². The first-order chi connectivity index (χ1) is 19.2. The van der Waals surface area contributed by atoms with Gasteiger partial charge in [-0.2, -0.15) is 13.2 Å². The highest BCUT2D eigenvalue weighted by Gasteiger charge is 2.31. The zero-order valence-electron chi connectivity index (χ0n) is 24.3. The predicted molar refractivity (Wildman–Crippen MR) is 150 cm³/mol. The zero-order chi connectivity index (χ0) is 29.4. The summed E-state index contributed by atoms with van der Waals surface area (Å²) in [5.41, 5.74) is -0.753. The highest BCUT2D eigenvalue weighted by molar-refractivity contribution is 5.96. The van der Waals surface area contributed by atoms with Crippen molar-refractivity contribution in [2.24, 2.45) is 5.92 Å². The second-order valence-corrected chi connectivity index (χ2v) is 10.8. The minimum Gasteiger partial charge on any atom is -0.465 e. The number of hydrogen-bond donors (Lipinski definition) is 0. The van der Waals surface area contributed by atoms with Crippen molar-refractivity contribution in [3.63, 3.8) is 0 Å². The van der Waals surface area contributed by atoms with Gasteiger partial charge in [0.25, 0.3) is 5.91 Å². The van der Waals surface area contributed by atoms with E-state index in [0.29, 0.717) is 32.4 Å². The molecular formula is C31H47F3N2O4. The van der Waals surface area contributed by atoms with E-state index in [2.05, 4.69) is 6.92 Å². The van der Waals surface area contributed by atoms with Crippen LogP contribution in [0.1, 0.15) is 113 Å². The molecule has 2 amide bonds. The quantitative estimate of drug-likeness (QED) is 0.147. The molecule has 0 N–H and O–H groups in total. The minimum absolute atomic E-state index is 0.0780. The smallest absolute Gasteiger partial charge is 0.416 e. The maximum absolute atomic E-state index is 13.1. The number of carbonyl (C=O) groups is 3. The fourth-order valence-corrected chi connectivity index (χ4v) is 5.16. The van der Waals surface area contributed by atoms with Crippen LogP contribution >= 0.6 is 0 Å². The van der Waals surface area contributed by atoms with E-state index >= 15 is 0 Å². The Morgan fingerprint density at radius 2 is 1.43 bits per heavy atom. The molecule has 9 heteroatoms. The van der Waals surface area contributed by atoms with Crippen LogP contribution in [0.3, 0.4) is 0 Å². The highest BCUT2D eigenvalue weighted by Crippen LogP contribution is 2.29. The molecule has 40 heavy (non-hydrogen) atoms. The highest BCUT2D eigenvalue weighted by atomic mass is 19.4. The summed E-state index contributed by atoms with van der Waals surface area (Å²) in [4.78, 5) is 41.2. The summed E-state index contributed by atoms with van der Waals surface area (Å²) in [6.07, 6.45) is 9.69. The Balaban J connectivity index is 1.78. The van der Waals surface area contributed by atoms with Gasteiger partial charge in [-0.1, -0.05) is 64.7 Å². The Kier molecular flexibility index (Phi) is 15.1. The van der Waals surface area contributed by atoms with Gasteiger partial charge in [-0.25, -0.2) is 0 Å². The van der Waals surface area contributed by atoms with Crippen molar-refractivity contribution < 1.29 is 32.3 Å². The molecule has 0 unspecified atom stereocenters. The number of benzene rings is 1. The SMILES string of the molecule is CCCCCCCCCCCCC(=O)N1CCC(CN(CC(=O)OCC)C(=O)c2ccc(C(F)(F)F)cc2)CC1. The lowest BCUT2D eigenvalue weighted by molar-refractivity contribution is -0.144. The number of alkyl halides is 3. The number of hydrogen-bond acceptors (Lipinski definition) is 4. The minimum atomic E-state index is -4.49. The average Bonchev–Trinajstić information content (AvgIpc) is 2.93. The molecule has 1 fully saturated rings. The molecular weight excluding hydrogens is 521 g/mol. The monoisotopic (exact) mass is 568 g/mol. The molecule has 0 aromatic heterocycles. The summed E-state index contributed by atoms with van der Waals surface area (Å²) in [5.74, 6) is -0.829. The molecule has 226 valence electrons. The second-order valence-electron chi connectivity index (χ2n) is 10.8. The van der Waals surface area contributed by atoms with Crippen LogP contribution in [-0.4, -0.2) is 60.4 Å². The number of esters is 1. The van der Waals surface area contributed by atoms with Crippen LogP contribution in [0.2, 0.25) is 0 Å². The van der Waals surface area contributed by atoms with Crippen LogP contribution < -0.4 is 0 Å². The Labute approximate surface area is 237 Å². The summed E-state index contributed by atoms with van der Waals surface area (Å²) in [5, 5.41) is 0. The Morgan fingerprint density at radius 3 is 1.95 bits per heavy atom. The number of amides is 2. The first-order valence-corrected chi connectivity index (χ1v) is 15.1. The van der Waals surface area contributed by atoms with Crippen molar-refractivity contribution in [2.75, 3.05) is 32.8 Å². The molecule has 1 aromatic carbocycles. The lowest BCUT2D eigenvalue weighted by Gasteiger charge is -2.35. The zero-order valence-corrected chi connectivity index (χ0v) is 24.3. The molecule has 1 aliphatic rings. The molecule has 0 bridgehead atoms. The third-order valence-electron chi connectivity index (χ3n) is 7.56. The fourth-order valence-electron chi connectivity index (χ4n) is 5.16. The Bertz CT molecular complexity index is 897. The molecule has 6 nitrogen and oxygen atoms in total. The molecule has 1 aromatic rings. The number of ether oxygens (including phenoxy) is 1. The molecule has 0 saturated carbocycles. The Morgan fingerprint density at radius 1 is 0.875 bits per heavy atom. The number of unbranched alkanes of at least 4 members (excludes halogenated alkanes) is 9. The third-order valence-corrected chi connectivity index (χ3v) is 7.56. The van der Waals surface area contributed by atoms with Crippen LogP contribution in [0.15, 0.2) is 24.3 Å². The number of carbonyl (C=O) groups excluding carboxylic acids is 3. The summed E-state index contributed by atoms with van der Waals surface area (Å²) in [6.45, 7) is 5.27. The van der Waals surface area contributed by atoms with Gasteiger partial charge in [-0.3, -0.25) is 14.4 Å². The van der Waals surface area contributed by atoms with E-state index in [4.69, 9.17) is 4.74 Å². The van der Waals surface area contributed by atoms with Crippen molar-refractivity contribution in [1.82, 2.24) is 9.80 Å². The summed E-state index contributed by atoms with van der Waals surface area (Å²) in [6, 6.07) is 4.01. The van der Waals surface area contributed by atoms with Crippen molar-refractivity contribution >= 4 is 17.8 Å². The first kappa shape index (κ1) is 33.6. The average molecular weight is 569 g/mol. The van der Waals surface area contributed by atoms with E-state index < -0.39 is 23.6 Å². The third kappa shape index (κ3) is 12.3. The Hall–Kier alpha value is -2.58. The fraction of sp³-hybridized carbons (Fsp3) is 0.710. The van der Waals surface area contributed by atoms with Gasteiger partial charge in [0.05, 0.1) is 12.2 Å². The largest absolute Gasteiger partial charge is 0.465 e. The van der Waals surface area contributed by atoms with Gasteiger partial charge in [0.2, 0.25) is 5.91 Å². The lowest BCUT2D eigenvalue weighted by atomic mass is 9.95. The van der Waals surface area contributed by atoms with Crippen molar-refractivity contribution in [1.29, 1.82) is 0 Å². The van der Waals surface area contributed by atoms with E-state index in [9.17, 15) is 27.6 Å². The molecule has 0 aliphatic carbocycles. The molecule has 1 saturated heterocycles. The van der Waals surface area contributed by atoms with Crippen LogP contribution in [0, 0.1) is 5.92 Å². The van der Waals surface area contributed by atoms with Crippen molar-refractivity contribution in [2.45, 2.75) is 103 Å². The van der Waals surface area contributed by atoms with Crippen molar-refractivity contribution in [3.05, 3.63) is 35.4 Å². The summed E-state index contributed by atoms with van der Waals surface area (Å²) < 4.78 is 43.8. The maximum atomic E-state index is 13.1. The topological polar surface area (TPSA) is 66.9 Å². The van der Waals surface area contributed by atoms with Gasteiger partial charge in [0.15, 0.2) is 0 Å². The van der Waals surface area contributed by atoms with E-state index in [1.54, 1.807) is 6.92 Å². The molecule has 0 atom stereocenters. The van der Waals surface area contributed by atoms with Gasteiger partial charge in [-0.05, 0) is 56.4 Å². The van der Waals surface area contributed by atoms with Crippen LogP contribution in [0.5, 0.6) is 0 Å².